The molecular formula is C31H31ClN4O2. The molecule has 0 saturated carbocycles. The first-order valence-electron chi connectivity index (χ1n) is 12.9. The fraction of sp³-hybridized carbons (Fsp3) is 0.226. The predicted octanol–water partition coefficient (Wildman–Crippen LogP) is 7.21. The molecule has 0 aliphatic carbocycles. The van der Waals surface area contributed by atoms with Gasteiger partial charge in [-0.3, -0.25) is 9.69 Å². The molecule has 7 heteroatoms. The van der Waals surface area contributed by atoms with E-state index in [4.69, 9.17) is 11.6 Å². The zero-order valence-corrected chi connectivity index (χ0v) is 22.4. The standard InChI is InChI=1S/C31H31ClN4O2/c1-3-4-18-34(31(38)33-25-10-7-9-24(32)20-25)21-29(37)36-27-12-6-5-11-26(27)35-19-8-13-28(35)30(36)23-16-14-22(2)15-17-23/h5-17,19-20,30H,3-4,18,21H2,1-2H3,(H,33,38). The number of amides is 3. The Labute approximate surface area is 228 Å². The van der Waals surface area contributed by atoms with E-state index in [9.17, 15) is 9.59 Å². The number of fused-ring (bicyclic) bond motifs is 3. The van der Waals surface area contributed by atoms with Gasteiger partial charge >= 0.3 is 6.03 Å². The number of aryl methyl sites for hydroxylation is 1. The first-order chi connectivity index (χ1) is 18.5. The Morgan fingerprint density at radius 1 is 0.947 bits per heavy atom. The molecular weight excluding hydrogens is 496 g/mol. The van der Waals surface area contributed by atoms with Crippen LogP contribution in [0.25, 0.3) is 5.69 Å². The number of carbonyl (C=O) groups is 2. The molecule has 0 saturated heterocycles. The zero-order chi connectivity index (χ0) is 26.6. The highest BCUT2D eigenvalue weighted by atomic mass is 35.5. The highest BCUT2D eigenvalue weighted by Crippen LogP contribution is 2.42. The Morgan fingerprint density at radius 2 is 1.71 bits per heavy atom. The minimum atomic E-state index is -0.324. The van der Waals surface area contributed by atoms with Gasteiger partial charge < -0.3 is 14.8 Å². The molecule has 0 radical (unpaired) electrons. The molecule has 1 aliphatic rings. The summed E-state index contributed by atoms with van der Waals surface area (Å²) in [4.78, 5) is 31.0. The summed E-state index contributed by atoms with van der Waals surface area (Å²) in [5, 5.41) is 3.44. The Kier molecular flexibility index (Phi) is 7.52. The molecule has 5 rings (SSSR count). The van der Waals surface area contributed by atoms with Crippen LogP contribution in [-0.4, -0.2) is 34.5 Å². The van der Waals surface area contributed by atoms with E-state index in [1.165, 1.54) is 0 Å². The van der Waals surface area contributed by atoms with Gasteiger partial charge in [0, 0.05) is 23.5 Å². The lowest BCUT2D eigenvalue weighted by Crippen LogP contribution is -2.48. The molecule has 6 nitrogen and oxygen atoms in total. The van der Waals surface area contributed by atoms with Crippen LogP contribution in [0.5, 0.6) is 0 Å². The van der Waals surface area contributed by atoms with Crippen molar-refractivity contribution in [2.45, 2.75) is 32.7 Å². The first-order valence-corrected chi connectivity index (χ1v) is 13.3. The molecule has 3 aromatic carbocycles. The summed E-state index contributed by atoms with van der Waals surface area (Å²) in [6.45, 7) is 4.53. The quantitative estimate of drug-likeness (QED) is 0.276. The largest absolute Gasteiger partial charge is 0.322 e. The number of anilines is 2. The summed E-state index contributed by atoms with van der Waals surface area (Å²) in [5.74, 6) is -0.146. The maximum Gasteiger partial charge on any atom is 0.322 e. The first kappa shape index (κ1) is 25.6. The summed E-state index contributed by atoms with van der Waals surface area (Å²) in [5.41, 5.74) is 5.52. The highest BCUT2D eigenvalue weighted by Gasteiger charge is 2.36. The van der Waals surface area contributed by atoms with Gasteiger partial charge in [0.1, 0.15) is 12.6 Å². The Hall–Kier alpha value is -4.03. The number of rotatable bonds is 7. The second-order valence-corrected chi connectivity index (χ2v) is 10.0. The molecule has 1 atom stereocenters. The van der Waals surface area contributed by atoms with Crippen molar-refractivity contribution in [3.63, 3.8) is 0 Å². The lowest BCUT2D eigenvalue weighted by atomic mass is 9.97. The highest BCUT2D eigenvalue weighted by molar-refractivity contribution is 6.30. The minimum absolute atomic E-state index is 0.0518. The second kappa shape index (κ2) is 11.2. The Bertz CT molecular complexity index is 1450. The summed E-state index contributed by atoms with van der Waals surface area (Å²) in [7, 11) is 0. The van der Waals surface area contributed by atoms with Crippen LogP contribution < -0.4 is 10.2 Å². The van der Waals surface area contributed by atoms with Crippen molar-refractivity contribution < 1.29 is 9.59 Å². The van der Waals surface area contributed by atoms with E-state index in [0.717, 1.165) is 41.0 Å². The lowest BCUT2D eigenvalue weighted by Gasteiger charge is -2.39. The number of carbonyl (C=O) groups excluding carboxylic acids is 2. The molecule has 4 aromatic rings. The van der Waals surface area contributed by atoms with Gasteiger partial charge in [-0.2, -0.15) is 0 Å². The number of nitrogens with zero attached hydrogens (tertiary/aromatic N) is 3. The van der Waals surface area contributed by atoms with Crippen LogP contribution in [0.2, 0.25) is 5.02 Å². The smallest absolute Gasteiger partial charge is 0.316 e. The summed E-state index contributed by atoms with van der Waals surface area (Å²) < 4.78 is 2.14. The van der Waals surface area contributed by atoms with Gasteiger partial charge in [0.2, 0.25) is 5.91 Å². The number of hydrogen-bond acceptors (Lipinski definition) is 2. The summed E-state index contributed by atoms with van der Waals surface area (Å²) in [6.07, 6.45) is 3.72. The average Bonchev–Trinajstić information content (AvgIpc) is 3.41. The maximum atomic E-state index is 14.2. The molecule has 38 heavy (non-hydrogen) atoms. The topological polar surface area (TPSA) is 57.6 Å². The van der Waals surface area contributed by atoms with Crippen LogP contribution in [0.15, 0.2) is 91.1 Å². The van der Waals surface area contributed by atoms with Gasteiger partial charge in [0.15, 0.2) is 0 Å². The van der Waals surface area contributed by atoms with Gasteiger partial charge in [0.25, 0.3) is 0 Å². The molecule has 1 aromatic heterocycles. The van der Waals surface area contributed by atoms with Crippen LogP contribution in [0.1, 0.15) is 42.6 Å². The van der Waals surface area contributed by atoms with Gasteiger partial charge in [-0.15, -0.1) is 0 Å². The fourth-order valence-corrected chi connectivity index (χ4v) is 5.13. The van der Waals surface area contributed by atoms with Gasteiger partial charge in [-0.05, 0) is 61.4 Å². The number of aromatic nitrogens is 1. The van der Waals surface area contributed by atoms with E-state index in [1.54, 1.807) is 29.2 Å². The normalized spacial score (nSPS) is 14.0. The van der Waals surface area contributed by atoms with Crippen LogP contribution in [0.4, 0.5) is 16.2 Å². The van der Waals surface area contributed by atoms with E-state index in [0.29, 0.717) is 17.3 Å². The van der Waals surface area contributed by atoms with Crippen molar-refractivity contribution in [1.82, 2.24) is 9.47 Å². The molecule has 3 amide bonds. The molecule has 0 spiro atoms. The molecule has 2 heterocycles. The molecule has 0 bridgehead atoms. The van der Waals surface area contributed by atoms with Crippen molar-refractivity contribution in [1.29, 1.82) is 0 Å². The second-order valence-electron chi connectivity index (χ2n) is 9.58. The third-order valence-corrected chi connectivity index (χ3v) is 7.09. The number of urea groups is 1. The third kappa shape index (κ3) is 5.18. The van der Waals surface area contributed by atoms with Crippen molar-refractivity contribution in [2.24, 2.45) is 0 Å². The monoisotopic (exact) mass is 526 g/mol. The summed E-state index contributed by atoms with van der Waals surface area (Å²) >= 11 is 6.11. The number of hydrogen-bond donors (Lipinski definition) is 1. The number of halogens is 1. The van der Waals surface area contributed by atoms with E-state index in [-0.39, 0.29) is 24.5 Å². The van der Waals surface area contributed by atoms with E-state index >= 15 is 0 Å². The SMILES string of the molecule is CCCCN(CC(=O)N1c2ccccc2-n2cccc2C1c1ccc(C)cc1)C(=O)Nc1cccc(Cl)c1. The minimum Gasteiger partial charge on any atom is -0.316 e. The van der Waals surface area contributed by atoms with Crippen molar-refractivity contribution in [3.8, 4) is 5.69 Å². The van der Waals surface area contributed by atoms with Crippen molar-refractivity contribution in [2.75, 3.05) is 23.3 Å². The number of para-hydroxylation sites is 2. The molecule has 0 fully saturated rings. The van der Waals surface area contributed by atoms with E-state index in [2.05, 4.69) is 54.1 Å². The third-order valence-electron chi connectivity index (χ3n) is 6.85. The van der Waals surface area contributed by atoms with Gasteiger partial charge in [0.05, 0.1) is 17.1 Å². The Balaban J connectivity index is 1.50. The van der Waals surface area contributed by atoms with Crippen LogP contribution >= 0.6 is 11.6 Å². The average molecular weight is 527 g/mol. The lowest BCUT2D eigenvalue weighted by molar-refractivity contribution is -0.119. The summed E-state index contributed by atoms with van der Waals surface area (Å²) in [6, 6.07) is 26.6. The molecule has 1 aliphatic heterocycles. The zero-order valence-electron chi connectivity index (χ0n) is 21.6. The van der Waals surface area contributed by atoms with Gasteiger partial charge in [-0.25, -0.2) is 4.79 Å². The maximum absolute atomic E-state index is 14.2. The van der Waals surface area contributed by atoms with Crippen LogP contribution in [-0.2, 0) is 4.79 Å². The van der Waals surface area contributed by atoms with Gasteiger partial charge in [-0.1, -0.05) is 73.0 Å². The number of nitrogens with one attached hydrogen (secondary N) is 1. The van der Waals surface area contributed by atoms with Crippen molar-refractivity contribution >= 4 is 34.9 Å². The molecule has 194 valence electrons. The fourth-order valence-electron chi connectivity index (χ4n) is 4.94. The van der Waals surface area contributed by atoms with Crippen LogP contribution in [0.3, 0.4) is 0 Å². The molecule has 1 N–H and O–H groups in total. The predicted molar refractivity (Wildman–Crippen MR) is 153 cm³/mol. The van der Waals surface area contributed by atoms with E-state index < -0.39 is 0 Å². The van der Waals surface area contributed by atoms with Crippen molar-refractivity contribution in [3.05, 3.63) is 113 Å². The van der Waals surface area contributed by atoms with Crippen LogP contribution in [0, 0.1) is 6.92 Å². The Morgan fingerprint density at radius 3 is 2.45 bits per heavy atom. The van der Waals surface area contributed by atoms with E-state index in [1.807, 2.05) is 41.4 Å². The molecule has 1 unspecified atom stereocenters. The number of unbranched alkanes of at least 4 members (excludes halogenated alkanes) is 1. The number of benzene rings is 3.